The molecule has 0 spiro atoms. The van der Waals surface area contributed by atoms with Crippen molar-refractivity contribution in [2.75, 3.05) is 12.4 Å². The highest BCUT2D eigenvalue weighted by Gasteiger charge is 2.00. The Kier molecular flexibility index (Phi) is 3.70. The van der Waals surface area contributed by atoms with Crippen LogP contribution in [0.15, 0.2) is 6.20 Å². The van der Waals surface area contributed by atoms with Gasteiger partial charge in [0, 0.05) is 26.2 Å². The summed E-state index contributed by atoms with van der Waals surface area (Å²) in [6.45, 7) is 0.546. The van der Waals surface area contributed by atoms with Crippen molar-refractivity contribution in [3.05, 3.63) is 11.9 Å². The molecule has 0 aromatic carbocycles. The standard InChI is InChI=1S/C7H11ClN4O/c1-12-5-6(10-11-12)2-3-9-7(13)4-8/h5H,2-4H2,1H3,(H,9,13). The molecule has 1 amide bonds. The monoisotopic (exact) mass is 202 g/mol. The number of nitrogens with zero attached hydrogens (tertiary/aromatic N) is 3. The number of halogens is 1. The number of hydrogen-bond donors (Lipinski definition) is 1. The molecule has 0 aliphatic heterocycles. The molecule has 5 nitrogen and oxygen atoms in total. The van der Waals surface area contributed by atoms with E-state index in [-0.39, 0.29) is 11.8 Å². The van der Waals surface area contributed by atoms with E-state index in [9.17, 15) is 4.79 Å². The minimum Gasteiger partial charge on any atom is -0.355 e. The minimum atomic E-state index is -0.162. The molecule has 1 aromatic rings. The van der Waals surface area contributed by atoms with Crippen LogP contribution >= 0.6 is 11.6 Å². The summed E-state index contributed by atoms with van der Waals surface area (Å²) in [5, 5.41) is 10.3. The van der Waals surface area contributed by atoms with Gasteiger partial charge in [0.05, 0.1) is 5.69 Å². The molecule has 0 saturated heterocycles. The van der Waals surface area contributed by atoms with Gasteiger partial charge in [0.25, 0.3) is 0 Å². The van der Waals surface area contributed by atoms with Crippen LogP contribution in [-0.4, -0.2) is 33.3 Å². The molecule has 0 fully saturated rings. The smallest absolute Gasteiger partial charge is 0.234 e. The van der Waals surface area contributed by atoms with Gasteiger partial charge in [-0.1, -0.05) is 5.21 Å². The van der Waals surface area contributed by atoms with Gasteiger partial charge in [0.2, 0.25) is 5.91 Å². The molecule has 1 N–H and O–H groups in total. The van der Waals surface area contributed by atoms with Crippen molar-refractivity contribution in [2.45, 2.75) is 6.42 Å². The summed E-state index contributed by atoms with van der Waals surface area (Å²) in [5.41, 5.74) is 0.859. The topological polar surface area (TPSA) is 59.8 Å². The first-order valence-corrected chi connectivity index (χ1v) is 4.43. The van der Waals surface area contributed by atoms with Gasteiger partial charge in [-0.3, -0.25) is 9.48 Å². The van der Waals surface area contributed by atoms with Crippen LogP contribution in [0.25, 0.3) is 0 Å². The number of hydrogen-bond acceptors (Lipinski definition) is 3. The van der Waals surface area contributed by atoms with Crippen molar-refractivity contribution >= 4 is 17.5 Å². The third kappa shape index (κ3) is 3.42. The number of nitrogens with one attached hydrogen (secondary N) is 1. The molecule has 0 saturated carbocycles. The van der Waals surface area contributed by atoms with E-state index in [1.54, 1.807) is 11.7 Å². The lowest BCUT2D eigenvalue weighted by atomic mass is 10.3. The summed E-state index contributed by atoms with van der Waals surface area (Å²) in [6, 6.07) is 0. The molecular weight excluding hydrogens is 192 g/mol. The maximum atomic E-state index is 10.7. The third-order valence-electron chi connectivity index (χ3n) is 1.47. The Morgan fingerprint density at radius 2 is 2.54 bits per heavy atom. The lowest BCUT2D eigenvalue weighted by molar-refractivity contribution is -0.118. The van der Waals surface area contributed by atoms with Crippen molar-refractivity contribution in [1.29, 1.82) is 0 Å². The fourth-order valence-corrected chi connectivity index (χ4v) is 0.982. The molecule has 72 valence electrons. The number of alkyl halides is 1. The van der Waals surface area contributed by atoms with Crippen LogP contribution in [0, 0.1) is 0 Å². The predicted molar refractivity (Wildman–Crippen MR) is 48.4 cm³/mol. The van der Waals surface area contributed by atoms with Crippen LogP contribution in [0.4, 0.5) is 0 Å². The van der Waals surface area contributed by atoms with Gasteiger partial charge in [0.1, 0.15) is 5.88 Å². The highest BCUT2D eigenvalue weighted by atomic mass is 35.5. The average Bonchev–Trinajstić information content (AvgIpc) is 2.51. The molecule has 0 aliphatic rings. The van der Waals surface area contributed by atoms with Gasteiger partial charge in [-0.15, -0.1) is 16.7 Å². The van der Waals surface area contributed by atoms with E-state index < -0.39 is 0 Å². The van der Waals surface area contributed by atoms with Gasteiger partial charge in [-0.2, -0.15) is 0 Å². The SMILES string of the molecule is Cn1cc(CCNC(=O)CCl)nn1. The van der Waals surface area contributed by atoms with E-state index in [1.807, 2.05) is 6.20 Å². The molecule has 6 heteroatoms. The van der Waals surface area contributed by atoms with Gasteiger partial charge < -0.3 is 5.32 Å². The second-order valence-electron chi connectivity index (χ2n) is 2.62. The minimum absolute atomic E-state index is 0.000465. The van der Waals surface area contributed by atoms with Crippen molar-refractivity contribution in [1.82, 2.24) is 20.3 Å². The summed E-state index contributed by atoms with van der Waals surface area (Å²) >= 11 is 5.29. The van der Waals surface area contributed by atoms with E-state index >= 15 is 0 Å². The number of carbonyl (C=O) groups excluding carboxylic acids is 1. The molecule has 0 bridgehead atoms. The highest BCUT2D eigenvalue weighted by Crippen LogP contribution is 1.90. The van der Waals surface area contributed by atoms with Gasteiger partial charge in [0.15, 0.2) is 0 Å². The summed E-state index contributed by atoms with van der Waals surface area (Å²) < 4.78 is 1.62. The van der Waals surface area contributed by atoms with Gasteiger partial charge >= 0.3 is 0 Å². The molecule has 0 aliphatic carbocycles. The van der Waals surface area contributed by atoms with Crippen molar-refractivity contribution < 1.29 is 4.79 Å². The first-order valence-electron chi connectivity index (χ1n) is 3.90. The van der Waals surface area contributed by atoms with Crippen molar-refractivity contribution in [2.24, 2.45) is 7.05 Å². The van der Waals surface area contributed by atoms with Crippen LogP contribution in [0.1, 0.15) is 5.69 Å². The van der Waals surface area contributed by atoms with Gasteiger partial charge in [-0.05, 0) is 0 Å². The molecule has 0 atom stereocenters. The van der Waals surface area contributed by atoms with Crippen molar-refractivity contribution in [3.63, 3.8) is 0 Å². The van der Waals surface area contributed by atoms with Gasteiger partial charge in [-0.25, -0.2) is 0 Å². The zero-order valence-corrected chi connectivity index (χ0v) is 8.08. The molecule has 0 radical (unpaired) electrons. The predicted octanol–water partition coefficient (Wildman–Crippen LogP) is -0.287. The van der Waals surface area contributed by atoms with E-state index in [1.165, 1.54) is 0 Å². The Hall–Kier alpha value is -1.10. The number of aryl methyl sites for hydroxylation is 1. The van der Waals surface area contributed by atoms with Crippen LogP contribution in [0.3, 0.4) is 0 Å². The zero-order chi connectivity index (χ0) is 9.68. The van der Waals surface area contributed by atoms with Crippen LogP contribution in [-0.2, 0) is 18.3 Å². The summed E-state index contributed by atoms with van der Waals surface area (Å²) in [6.07, 6.45) is 2.49. The summed E-state index contributed by atoms with van der Waals surface area (Å²) in [4.78, 5) is 10.7. The quantitative estimate of drug-likeness (QED) is 0.683. The first kappa shape index (κ1) is 9.98. The fourth-order valence-electron chi connectivity index (χ4n) is 0.887. The van der Waals surface area contributed by atoms with Crippen LogP contribution in [0.2, 0.25) is 0 Å². The van der Waals surface area contributed by atoms with E-state index in [0.717, 1.165) is 5.69 Å². The zero-order valence-electron chi connectivity index (χ0n) is 7.33. The number of aromatic nitrogens is 3. The maximum absolute atomic E-state index is 10.7. The van der Waals surface area contributed by atoms with E-state index in [2.05, 4.69) is 15.6 Å². The Labute approximate surface area is 81.1 Å². The van der Waals surface area contributed by atoms with E-state index in [4.69, 9.17) is 11.6 Å². The molecular formula is C7H11ClN4O. The lowest BCUT2D eigenvalue weighted by Gasteiger charge is -1.98. The molecule has 1 rings (SSSR count). The Balaban J connectivity index is 2.24. The molecule has 1 heterocycles. The van der Waals surface area contributed by atoms with Crippen LogP contribution < -0.4 is 5.32 Å². The number of carbonyl (C=O) groups is 1. The lowest BCUT2D eigenvalue weighted by Crippen LogP contribution is -2.26. The highest BCUT2D eigenvalue weighted by molar-refractivity contribution is 6.27. The third-order valence-corrected chi connectivity index (χ3v) is 1.72. The Bertz CT molecular complexity index is 286. The van der Waals surface area contributed by atoms with E-state index in [0.29, 0.717) is 13.0 Å². The maximum Gasteiger partial charge on any atom is 0.234 e. The molecule has 0 unspecified atom stereocenters. The second-order valence-corrected chi connectivity index (χ2v) is 2.88. The number of amides is 1. The van der Waals surface area contributed by atoms with Crippen LogP contribution in [0.5, 0.6) is 0 Å². The largest absolute Gasteiger partial charge is 0.355 e. The summed E-state index contributed by atoms with van der Waals surface area (Å²) in [5.74, 6) is -0.161. The molecule has 1 aromatic heterocycles. The number of rotatable bonds is 4. The Morgan fingerprint density at radius 1 is 1.77 bits per heavy atom. The van der Waals surface area contributed by atoms with Crippen molar-refractivity contribution in [3.8, 4) is 0 Å². The summed E-state index contributed by atoms with van der Waals surface area (Å²) in [7, 11) is 1.80. The fraction of sp³-hybridized carbons (Fsp3) is 0.571. The first-order chi connectivity index (χ1) is 6.22. The normalized spacial score (nSPS) is 10.0. The second kappa shape index (κ2) is 4.81. The average molecular weight is 203 g/mol. The Morgan fingerprint density at radius 3 is 3.08 bits per heavy atom. The molecule has 13 heavy (non-hydrogen) atoms.